The van der Waals surface area contributed by atoms with E-state index in [4.69, 9.17) is 0 Å². The van der Waals surface area contributed by atoms with Crippen LogP contribution in [0.1, 0.15) is 43.9 Å². The predicted molar refractivity (Wildman–Crippen MR) is 91.5 cm³/mol. The van der Waals surface area contributed by atoms with Crippen LogP contribution in [0, 0.1) is 0 Å². The summed E-state index contributed by atoms with van der Waals surface area (Å²) in [6.07, 6.45) is 2.82. The van der Waals surface area contributed by atoms with E-state index < -0.39 is 0 Å². The molecule has 3 rings (SSSR count). The van der Waals surface area contributed by atoms with Crippen molar-refractivity contribution in [2.45, 2.75) is 45.6 Å². The Morgan fingerprint density at radius 2 is 2.04 bits per heavy atom. The van der Waals surface area contributed by atoms with Gasteiger partial charge in [-0.1, -0.05) is 18.2 Å². The minimum absolute atomic E-state index is 0.0792. The smallest absolute Gasteiger partial charge is 0.230 e. The molecular weight excluding hydrogens is 291 g/mol. The fourth-order valence-corrected chi connectivity index (χ4v) is 4.00. The molecule has 4 heteroatoms. The van der Waals surface area contributed by atoms with Gasteiger partial charge >= 0.3 is 0 Å². The van der Waals surface area contributed by atoms with Crippen LogP contribution in [0.15, 0.2) is 24.3 Å². The zero-order valence-electron chi connectivity index (χ0n) is 14.0. The second-order valence-electron chi connectivity index (χ2n) is 6.17. The molecule has 0 bridgehead atoms. The van der Waals surface area contributed by atoms with E-state index in [1.165, 1.54) is 5.69 Å². The number of fused-ring (bicyclic) bond motifs is 3. The van der Waals surface area contributed by atoms with Crippen molar-refractivity contribution < 1.29 is 9.18 Å². The molecule has 1 heterocycles. The topological polar surface area (TPSA) is 25.2 Å². The molecule has 0 saturated heterocycles. The maximum Gasteiger partial charge on any atom is 0.230 e. The van der Waals surface area contributed by atoms with Crippen LogP contribution in [0.5, 0.6) is 0 Å². The highest BCUT2D eigenvalue weighted by Crippen LogP contribution is 2.40. The van der Waals surface area contributed by atoms with Gasteiger partial charge in [0.2, 0.25) is 5.91 Å². The van der Waals surface area contributed by atoms with Gasteiger partial charge in [0.15, 0.2) is 0 Å². The summed E-state index contributed by atoms with van der Waals surface area (Å²) in [6.45, 7) is 5.53. The van der Waals surface area contributed by atoms with Gasteiger partial charge in [-0.05, 0) is 44.7 Å². The van der Waals surface area contributed by atoms with E-state index in [0.29, 0.717) is 6.54 Å². The first-order valence-electron chi connectivity index (χ1n) is 8.67. The monoisotopic (exact) mass is 316 g/mol. The van der Waals surface area contributed by atoms with Crippen molar-refractivity contribution in [2.24, 2.45) is 0 Å². The third-order valence-corrected chi connectivity index (χ3v) is 5.06. The average molecular weight is 316 g/mol. The number of carbonyl (C=O) groups is 1. The number of carbonyl (C=O) groups excluding carboxylic acids is 1. The number of benzene rings is 1. The van der Waals surface area contributed by atoms with Crippen molar-refractivity contribution in [3.63, 3.8) is 0 Å². The maximum absolute atomic E-state index is 13.1. The molecule has 0 radical (unpaired) electrons. The summed E-state index contributed by atoms with van der Waals surface area (Å²) in [4.78, 5) is 14.9. The zero-order chi connectivity index (χ0) is 16.4. The number of rotatable bonds is 5. The van der Waals surface area contributed by atoms with Gasteiger partial charge in [0, 0.05) is 29.7 Å². The first-order valence-corrected chi connectivity index (χ1v) is 8.67. The Labute approximate surface area is 137 Å². The van der Waals surface area contributed by atoms with Crippen LogP contribution >= 0.6 is 0 Å². The Balaban J connectivity index is 2.14. The summed E-state index contributed by atoms with van der Waals surface area (Å²) in [5.74, 6) is 0.142. The minimum Gasteiger partial charge on any atom is -0.343 e. The molecule has 0 saturated carbocycles. The standard InChI is InChI=1S/C19H25FN2O/c1-3-21(4-2)19(23)15-9-7-11-17-18(15)14-8-5-6-10-16(14)22(17)13-12-20/h5-6,8,10,15H,3-4,7,9,11-13H2,1-2H3/t15-/m0/s1. The number of nitrogens with zero attached hydrogens (tertiary/aromatic N) is 2. The molecule has 0 N–H and O–H groups in total. The maximum atomic E-state index is 13.1. The van der Waals surface area contributed by atoms with E-state index in [1.54, 1.807) is 0 Å². The lowest BCUT2D eigenvalue weighted by Crippen LogP contribution is -2.36. The third-order valence-electron chi connectivity index (χ3n) is 5.06. The fraction of sp³-hybridized carbons (Fsp3) is 0.526. The van der Waals surface area contributed by atoms with Gasteiger partial charge < -0.3 is 9.47 Å². The Morgan fingerprint density at radius 3 is 2.74 bits per heavy atom. The van der Waals surface area contributed by atoms with Crippen molar-refractivity contribution in [3.8, 4) is 0 Å². The number of alkyl halides is 1. The largest absolute Gasteiger partial charge is 0.343 e. The third kappa shape index (κ3) is 2.64. The first kappa shape index (κ1) is 16.0. The van der Waals surface area contributed by atoms with E-state index in [9.17, 15) is 9.18 Å². The Morgan fingerprint density at radius 1 is 1.30 bits per heavy atom. The molecule has 0 unspecified atom stereocenters. The molecule has 23 heavy (non-hydrogen) atoms. The molecule has 1 aromatic heterocycles. The molecule has 0 fully saturated rings. The van der Waals surface area contributed by atoms with Gasteiger partial charge in [0.25, 0.3) is 0 Å². The van der Waals surface area contributed by atoms with Crippen molar-refractivity contribution >= 4 is 16.8 Å². The summed E-state index contributed by atoms with van der Waals surface area (Å²) < 4.78 is 15.1. The molecule has 0 spiro atoms. The molecule has 2 aromatic rings. The lowest BCUT2D eigenvalue weighted by Gasteiger charge is -2.29. The first-order chi connectivity index (χ1) is 11.2. The zero-order valence-corrected chi connectivity index (χ0v) is 14.0. The molecule has 3 nitrogen and oxygen atoms in total. The van der Waals surface area contributed by atoms with Gasteiger partial charge in [-0.25, -0.2) is 4.39 Å². The molecule has 1 aliphatic rings. The highest BCUT2D eigenvalue weighted by Gasteiger charge is 2.33. The van der Waals surface area contributed by atoms with E-state index in [0.717, 1.165) is 48.8 Å². The number of hydrogen-bond acceptors (Lipinski definition) is 1. The molecular formula is C19H25FN2O. The number of aryl methyl sites for hydroxylation is 1. The number of aromatic nitrogens is 1. The Bertz CT molecular complexity index is 703. The Kier molecular flexibility index (Phi) is 4.69. The molecule has 0 aliphatic heterocycles. The van der Waals surface area contributed by atoms with Crippen LogP contribution in [-0.2, 0) is 17.8 Å². The SMILES string of the molecule is CCN(CC)C(=O)[C@H]1CCCc2c1c1ccccc1n2CCF. The summed E-state index contributed by atoms with van der Waals surface area (Å²) in [6, 6.07) is 8.12. The number of halogens is 1. The van der Waals surface area contributed by atoms with Gasteiger partial charge in [-0.2, -0.15) is 0 Å². The summed E-state index contributed by atoms with van der Waals surface area (Å²) in [5, 5.41) is 1.13. The molecule has 1 aromatic carbocycles. The van der Waals surface area contributed by atoms with Gasteiger partial charge in [-0.3, -0.25) is 4.79 Å². The number of amides is 1. The van der Waals surface area contributed by atoms with Gasteiger partial charge in [-0.15, -0.1) is 0 Å². The minimum atomic E-state index is -0.375. The van der Waals surface area contributed by atoms with Crippen LogP contribution in [0.3, 0.4) is 0 Å². The van der Waals surface area contributed by atoms with E-state index in [-0.39, 0.29) is 18.5 Å². The molecule has 1 amide bonds. The van der Waals surface area contributed by atoms with E-state index >= 15 is 0 Å². The normalized spacial score (nSPS) is 17.3. The second-order valence-corrected chi connectivity index (χ2v) is 6.17. The van der Waals surface area contributed by atoms with Gasteiger partial charge in [0.05, 0.1) is 12.5 Å². The summed E-state index contributed by atoms with van der Waals surface area (Å²) in [7, 11) is 0. The number of likely N-dealkylation sites (N-methyl/N-ethyl adjacent to an activating group) is 1. The van der Waals surface area contributed by atoms with E-state index in [1.807, 2.05) is 36.9 Å². The Hall–Kier alpha value is -1.84. The number of hydrogen-bond donors (Lipinski definition) is 0. The summed E-state index contributed by atoms with van der Waals surface area (Å²) >= 11 is 0. The number of para-hydroxylation sites is 1. The van der Waals surface area contributed by atoms with Crippen molar-refractivity contribution in [2.75, 3.05) is 19.8 Å². The molecule has 124 valence electrons. The average Bonchev–Trinajstić information content (AvgIpc) is 2.91. The van der Waals surface area contributed by atoms with Crippen molar-refractivity contribution in [1.82, 2.24) is 9.47 Å². The predicted octanol–water partition coefficient (Wildman–Crippen LogP) is 3.90. The summed E-state index contributed by atoms with van der Waals surface area (Å²) in [5.41, 5.74) is 3.38. The van der Waals surface area contributed by atoms with Crippen molar-refractivity contribution in [1.29, 1.82) is 0 Å². The van der Waals surface area contributed by atoms with Gasteiger partial charge in [0.1, 0.15) is 6.67 Å². The lowest BCUT2D eigenvalue weighted by atomic mass is 9.84. The highest BCUT2D eigenvalue weighted by atomic mass is 19.1. The highest BCUT2D eigenvalue weighted by molar-refractivity contribution is 5.94. The van der Waals surface area contributed by atoms with Crippen LogP contribution in [0.2, 0.25) is 0 Å². The lowest BCUT2D eigenvalue weighted by molar-refractivity contribution is -0.132. The van der Waals surface area contributed by atoms with Crippen LogP contribution in [0.4, 0.5) is 4.39 Å². The van der Waals surface area contributed by atoms with Crippen molar-refractivity contribution in [3.05, 3.63) is 35.5 Å². The molecule has 1 atom stereocenters. The molecule has 1 aliphatic carbocycles. The van der Waals surface area contributed by atoms with Crippen LogP contribution in [-0.4, -0.2) is 35.1 Å². The second kappa shape index (κ2) is 6.73. The fourth-order valence-electron chi connectivity index (χ4n) is 4.00. The van der Waals surface area contributed by atoms with Crippen LogP contribution < -0.4 is 0 Å². The quantitative estimate of drug-likeness (QED) is 0.821. The van der Waals surface area contributed by atoms with E-state index in [2.05, 4.69) is 10.6 Å². The van der Waals surface area contributed by atoms with Crippen LogP contribution in [0.25, 0.3) is 10.9 Å².